The fourth-order valence-corrected chi connectivity index (χ4v) is 1.36. The Hall–Kier alpha value is -0.930. The molecule has 0 unspecified atom stereocenters. The topological polar surface area (TPSA) is 45.1 Å². The molecule has 0 aliphatic rings. The van der Waals surface area contributed by atoms with Crippen molar-refractivity contribution in [3.8, 4) is 0 Å². The predicted octanol–water partition coefficient (Wildman–Crippen LogP) is 1.64. The number of unbranched alkanes of at least 4 members (excludes halogenated alkanes) is 2. The van der Waals surface area contributed by atoms with Crippen molar-refractivity contribution in [2.24, 2.45) is 0 Å². The Morgan fingerprint density at radius 3 is 2.80 bits per heavy atom. The van der Waals surface area contributed by atoms with Gasteiger partial charge in [-0.05, 0) is 44.4 Å². The largest absolute Gasteiger partial charge is 0.396 e. The zero-order valence-corrected chi connectivity index (χ0v) is 9.37. The molecule has 1 heterocycles. The van der Waals surface area contributed by atoms with Gasteiger partial charge in [-0.3, -0.25) is 4.98 Å². The summed E-state index contributed by atoms with van der Waals surface area (Å²) in [5.74, 6) is 0. The van der Waals surface area contributed by atoms with Gasteiger partial charge in [0.15, 0.2) is 0 Å². The smallest absolute Gasteiger partial charge is 0.0541 e. The highest BCUT2D eigenvalue weighted by atomic mass is 16.2. The number of aryl methyl sites for hydroxylation is 1. The minimum absolute atomic E-state index is 0.305. The minimum Gasteiger partial charge on any atom is -0.396 e. The van der Waals surface area contributed by atoms with Crippen molar-refractivity contribution in [2.45, 2.75) is 32.7 Å². The van der Waals surface area contributed by atoms with E-state index in [0.29, 0.717) is 6.61 Å². The molecule has 3 heteroatoms. The number of aliphatic hydroxyl groups is 1. The Morgan fingerprint density at radius 1 is 1.27 bits per heavy atom. The summed E-state index contributed by atoms with van der Waals surface area (Å²) in [5.41, 5.74) is 2.28. The van der Waals surface area contributed by atoms with Gasteiger partial charge in [0.25, 0.3) is 0 Å². The van der Waals surface area contributed by atoms with Gasteiger partial charge in [0.1, 0.15) is 0 Å². The molecule has 0 aromatic carbocycles. The van der Waals surface area contributed by atoms with Crippen molar-refractivity contribution in [3.05, 3.63) is 29.6 Å². The summed E-state index contributed by atoms with van der Waals surface area (Å²) in [5, 5.41) is 11.9. The summed E-state index contributed by atoms with van der Waals surface area (Å²) in [6, 6.07) is 4.13. The van der Waals surface area contributed by atoms with E-state index in [2.05, 4.69) is 22.4 Å². The first-order chi connectivity index (χ1) is 7.33. The third-order valence-electron chi connectivity index (χ3n) is 2.29. The zero-order valence-electron chi connectivity index (χ0n) is 9.37. The van der Waals surface area contributed by atoms with Gasteiger partial charge in [0, 0.05) is 19.3 Å². The van der Waals surface area contributed by atoms with E-state index >= 15 is 0 Å². The predicted molar refractivity (Wildman–Crippen MR) is 61.6 cm³/mol. The van der Waals surface area contributed by atoms with Gasteiger partial charge >= 0.3 is 0 Å². The normalized spacial score (nSPS) is 10.5. The van der Waals surface area contributed by atoms with Gasteiger partial charge in [-0.2, -0.15) is 0 Å². The number of aromatic nitrogens is 1. The highest BCUT2D eigenvalue weighted by Gasteiger charge is 1.93. The van der Waals surface area contributed by atoms with E-state index in [9.17, 15) is 0 Å². The van der Waals surface area contributed by atoms with Crippen LogP contribution in [0.4, 0.5) is 0 Å². The molecule has 0 amide bonds. The van der Waals surface area contributed by atoms with E-state index in [4.69, 9.17) is 5.11 Å². The second-order valence-electron chi connectivity index (χ2n) is 3.79. The second kappa shape index (κ2) is 7.37. The fourth-order valence-electron chi connectivity index (χ4n) is 1.36. The summed E-state index contributed by atoms with van der Waals surface area (Å²) in [4.78, 5) is 4.31. The lowest BCUT2D eigenvalue weighted by atomic mass is 10.2. The number of aliphatic hydroxyl groups excluding tert-OH is 1. The fraction of sp³-hybridized carbons (Fsp3) is 0.583. The lowest BCUT2D eigenvalue weighted by Crippen LogP contribution is -2.15. The molecule has 0 saturated carbocycles. The van der Waals surface area contributed by atoms with Crippen molar-refractivity contribution < 1.29 is 5.11 Å². The van der Waals surface area contributed by atoms with Crippen LogP contribution in [0.5, 0.6) is 0 Å². The third kappa shape index (κ3) is 5.50. The van der Waals surface area contributed by atoms with E-state index in [1.54, 1.807) is 0 Å². The molecule has 0 aliphatic heterocycles. The molecular formula is C12H20N2O. The quantitative estimate of drug-likeness (QED) is 0.670. The first-order valence-electron chi connectivity index (χ1n) is 5.56. The number of nitrogens with zero attached hydrogens (tertiary/aromatic N) is 1. The molecule has 0 bridgehead atoms. The van der Waals surface area contributed by atoms with E-state index in [1.165, 1.54) is 5.56 Å². The van der Waals surface area contributed by atoms with Crippen molar-refractivity contribution in [1.82, 2.24) is 10.3 Å². The lowest BCUT2D eigenvalue weighted by molar-refractivity contribution is 0.283. The van der Waals surface area contributed by atoms with Gasteiger partial charge in [0.2, 0.25) is 0 Å². The Kier molecular flexibility index (Phi) is 5.97. The number of nitrogens with one attached hydrogen (secondary N) is 1. The number of rotatable bonds is 7. The molecule has 1 aromatic heterocycles. The SMILES string of the molecule is Cc1ccc(CNCCCCCO)nc1. The van der Waals surface area contributed by atoms with Crippen molar-refractivity contribution >= 4 is 0 Å². The Balaban J connectivity index is 2.07. The minimum atomic E-state index is 0.305. The number of hydrogen-bond donors (Lipinski definition) is 2. The monoisotopic (exact) mass is 208 g/mol. The van der Waals surface area contributed by atoms with Crippen molar-refractivity contribution in [1.29, 1.82) is 0 Å². The summed E-state index contributed by atoms with van der Waals surface area (Å²) in [6.45, 7) is 4.17. The summed E-state index contributed by atoms with van der Waals surface area (Å²) in [7, 11) is 0. The van der Waals surface area contributed by atoms with Crippen LogP contribution in [0.25, 0.3) is 0 Å². The third-order valence-corrected chi connectivity index (χ3v) is 2.29. The average Bonchev–Trinajstić information content (AvgIpc) is 2.26. The standard InChI is InChI=1S/C12H20N2O/c1-11-5-6-12(14-9-11)10-13-7-3-2-4-8-15/h5-6,9,13,15H,2-4,7-8,10H2,1H3. The maximum absolute atomic E-state index is 8.60. The van der Waals surface area contributed by atoms with Crippen molar-refractivity contribution in [2.75, 3.05) is 13.2 Å². The van der Waals surface area contributed by atoms with E-state index in [1.807, 2.05) is 13.1 Å². The first kappa shape index (κ1) is 12.1. The molecule has 3 nitrogen and oxygen atoms in total. The van der Waals surface area contributed by atoms with Gasteiger partial charge in [0.05, 0.1) is 5.69 Å². The Morgan fingerprint density at radius 2 is 2.13 bits per heavy atom. The highest BCUT2D eigenvalue weighted by Crippen LogP contribution is 1.98. The van der Waals surface area contributed by atoms with Gasteiger partial charge in [-0.1, -0.05) is 6.07 Å². The van der Waals surface area contributed by atoms with E-state index in [0.717, 1.165) is 38.0 Å². The maximum atomic E-state index is 8.60. The summed E-state index contributed by atoms with van der Waals surface area (Å²) < 4.78 is 0. The Labute approximate surface area is 91.5 Å². The van der Waals surface area contributed by atoms with Gasteiger partial charge < -0.3 is 10.4 Å². The van der Waals surface area contributed by atoms with Crippen LogP contribution >= 0.6 is 0 Å². The molecular weight excluding hydrogens is 188 g/mol. The van der Waals surface area contributed by atoms with Crippen LogP contribution < -0.4 is 5.32 Å². The van der Waals surface area contributed by atoms with Gasteiger partial charge in [-0.15, -0.1) is 0 Å². The maximum Gasteiger partial charge on any atom is 0.0541 e. The number of pyridine rings is 1. The molecule has 0 aliphatic carbocycles. The van der Waals surface area contributed by atoms with Crippen LogP contribution in [0.15, 0.2) is 18.3 Å². The lowest BCUT2D eigenvalue weighted by Gasteiger charge is -2.04. The molecule has 1 aromatic rings. The van der Waals surface area contributed by atoms with Crippen molar-refractivity contribution in [3.63, 3.8) is 0 Å². The average molecular weight is 208 g/mol. The van der Waals surface area contributed by atoms with Crippen LogP contribution in [0.3, 0.4) is 0 Å². The first-order valence-corrected chi connectivity index (χ1v) is 5.56. The van der Waals surface area contributed by atoms with Crippen LogP contribution in [0.2, 0.25) is 0 Å². The molecule has 0 spiro atoms. The van der Waals surface area contributed by atoms with E-state index < -0.39 is 0 Å². The molecule has 0 radical (unpaired) electrons. The molecule has 1 rings (SSSR count). The molecule has 0 atom stereocenters. The molecule has 0 fully saturated rings. The van der Waals surface area contributed by atoms with E-state index in [-0.39, 0.29) is 0 Å². The zero-order chi connectivity index (χ0) is 10.9. The van der Waals surface area contributed by atoms with Gasteiger partial charge in [-0.25, -0.2) is 0 Å². The van der Waals surface area contributed by atoms with Crippen LogP contribution in [0, 0.1) is 6.92 Å². The molecule has 15 heavy (non-hydrogen) atoms. The summed E-state index contributed by atoms with van der Waals surface area (Å²) >= 11 is 0. The number of hydrogen-bond acceptors (Lipinski definition) is 3. The highest BCUT2D eigenvalue weighted by molar-refractivity contribution is 5.11. The molecule has 0 saturated heterocycles. The second-order valence-corrected chi connectivity index (χ2v) is 3.79. The molecule has 2 N–H and O–H groups in total. The van der Waals surface area contributed by atoms with Crippen LogP contribution in [0.1, 0.15) is 30.5 Å². The summed E-state index contributed by atoms with van der Waals surface area (Å²) in [6.07, 6.45) is 5.00. The van der Waals surface area contributed by atoms with Crippen LogP contribution in [-0.2, 0) is 6.54 Å². The Bertz CT molecular complexity index is 259. The van der Waals surface area contributed by atoms with Crippen LogP contribution in [-0.4, -0.2) is 23.2 Å². The molecule has 84 valence electrons.